The van der Waals surface area contributed by atoms with Crippen LogP contribution >= 0.6 is 22.9 Å². The van der Waals surface area contributed by atoms with E-state index in [0.29, 0.717) is 10.0 Å². The Bertz CT molecular complexity index is 953. The summed E-state index contributed by atoms with van der Waals surface area (Å²) in [6, 6.07) is 14.0. The maximum atomic E-state index is 12.4. The van der Waals surface area contributed by atoms with Crippen LogP contribution in [-0.4, -0.2) is 18.6 Å². The molecule has 0 spiro atoms. The summed E-state index contributed by atoms with van der Waals surface area (Å²) in [7, 11) is -3.69. The molecule has 1 heterocycles. The van der Waals surface area contributed by atoms with E-state index in [-0.39, 0.29) is 10.0 Å². The summed E-state index contributed by atoms with van der Waals surface area (Å²) >= 11 is 7.26. The van der Waals surface area contributed by atoms with Crippen LogP contribution in [0.15, 0.2) is 53.4 Å². The number of halogens is 1. The van der Waals surface area contributed by atoms with Gasteiger partial charge in [0, 0.05) is 5.56 Å². The fourth-order valence-electron chi connectivity index (χ4n) is 2.09. The van der Waals surface area contributed by atoms with Gasteiger partial charge in [-0.25, -0.2) is 8.42 Å². The maximum Gasteiger partial charge on any atom is 0.263 e. The second-order valence-electron chi connectivity index (χ2n) is 5.00. The molecular weight excluding hydrogens is 366 g/mol. The van der Waals surface area contributed by atoms with E-state index in [9.17, 15) is 8.42 Å². The summed E-state index contributed by atoms with van der Waals surface area (Å²) in [5, 5.41) is 9.20. The lowest BCUT2D eigenvalue weighted by atomic mass is 10.2. The number of nitrogens with zero attached hydrogens (tertiary/aromatic N) is 2. The Balaban J connectivity index is 1.84. The third-order valence-electron chi connectivity index (χ3n) is 3.39. The van der Waals surface area contributed by atoms with Crippen LogP contribution in [0.2, 0.25) is 5.02 Å². The third kappa shape index (κ3) is 3.58. The average Bonchev–Trinajstić information content (AvgIpc) is 3.03. The lowest BCUT2D eigenvalue weighted by Gasteiger charge is -2.05. The molecule has 0 saturated carbocycles. The van der Waals surface area contributed by atoms with Crippen molar-refractivity contribution in [3.05, 3.63) is 59.1 Å². The van der Waals surface area contributed by atoms with Gasteiger partial charge in [-0.1, -0.05) is 60.2 Å². The zero-order chi connectivity index (χ0) is 17.2. The van der Waals surface area contributed by atoms with Crippen molar-refractivity contribution in [1.29, 1.82) is 0 Å². The molecule has 0 unspecified atom stereocenters. The van der Waals surface area contributed by atoms with Gasteiger partial charge in [-0.15, -0.1) is 10.2 Å². The number of benzene rings is 2. The van der Waals surface area contributed by atoms with Gasteiger partial charge in [0.05, 0.1) is 9.92 Å². The molecule has 3 rings (SSSR count). The fourth-order valence-corrected chi connectivity index (χ4v) is 4.38. The van der Waals surface area contributed by atoms with Gasteiger partial charge in [-0.05, 0) is 30.2 Å². The Hall–Kier alpha value is -1.96. The number of aryl methyl sites for hydroxylation is 1. The first kappa shape index (κ1) is 16.9. The van der Waals surface area contributed by atoms with Crippen LogP contribution in [0.25, 0.3) is 10.6 Å². The topological polar surface area (TPSA) is 72.0 Å². The van der Waals surface area contributed by atoms with Crippen molar-refractivity contribution in [3.8, 4) is 10.6 Å². The number of hydrogen-bond donors (Lipinski definition) is 1. The Morgan fingerprint density at radius 1 is 1.08 bits per heavy atom. The lowest BCUT2D eigenvalue weighted by Crippen LogP contribution is -2.12. The molecule has 8 heteroatoms. The predicted molar refractivity (Wildman–Crippen MR) is 97.0 cm³/mol. The first-order valence-electron chi connectivity index (χ1n) is 7.20. The first-order chi connectivity index (χ1) is 11.5. The van der Waals surface area contributed by atoms with Gasteiger partial charge in [0.1, 0.15) is 0 Å². The molecule has 5 nitrogen and oxygen atoms in total. The van der Waals surface area contributed by atoms with Crippen LogP contribution in [0.1, 0.15) is 12.5 Å². The molecule has 0 aliphatic carbocycles. The molecule has 0 amide bonds. The molecule has 124 valence electrons. The summed E-state index contributed by atoms with van der Waals surface area (Å²) < 4.78 is 27.3. The number of nitrogens with one attached hydrogen (secondary N) is 1. The summed E-state index contributed by atoms with van der Waals surface area (Å²) in [6.07, 6.45) is 0.853. The molecule has 0 fully saturated rings. The molecule has 0 atom stereocenters. The van der Waals surface area contributed by atoms with Gasteiger partial charge < -0.3 is 0 Å². The molecule has 2 aromatic carbocycles. The van der Waals surface area contributed by atoms with E-state index in [1.54, 1.807) is 30.3 Å². The monoisotopic (exact) mass is 379 g/mol. The van der Waals surface area contributed by atoms with Gasteiger partial charge in [-0.2, -0.15) is 0 Å². The standard InChI is InChI=1S/C16H14ClN3O2S2/c1-2-11-7-9-12(10-8-11)24(21,22)20-16-19-18-15(23-16)13-5-3-4-6-14(13)17/h3-10H,2H2,1H3,(H,19,20). The van der Waals surface area contributed by atoms with Crippen LogP contribution in [0.5, 0.6) is 0 Å². The minimum Gasteiger partial charge on any atom is -0.253 e. The average molecular weight is 380 g/mol. The van der Waals surface area contributed by atoms with Crippen molar-refractivity contribution in [1.82, 2.24) is 10.2 Å². The van der Waals surface area contributed by atoms with Crippen molar-refractivity contribution in [2.75, 3.05) is 4.72 Å². The zero-order valence-corrected chi connectivity index (χ0v) is 15.1. The van der Waals surface area contributed by atoms with Crippen LogP contribution in [0.4, 0.5) is 5.13 Å². The number of sulfonamides is 1. The number of anilines is 1. The van der Waals surface area contributed by atoms with E-state index >= 15 is 0 Å². The van der Waals surface area contributed by atoms with Gasteiger partial charge in [-0.3, -0.25) is 4.72 Å². The molecule has 1 N–H and O–H groups in total. The summed E-state index contributed by atoms with van der Waals surface area (Å²) in [6.45, 7) is 2.01. The second-order valence-corrected chi connectivity index (χ2v) is 8.06. The van der Waals surface area contributed by atoms with Gasteiger partial charge in [0.25, 0.3) is 10.0 Å². The molecule has 0 saturated heterocycles. The van der Waals surface area contributed by atoms with Crippen molar-refractivity contribution in [2.24, 2.45) is 0 Å². The Kier molecular flexibility index (Phi) is 4.84. The van der Waals surface area contributed by atoms with E-state index < -0.39 is 10.0 Å². The number of aromatic nitrogens is 2. The number of hydrogen-bond acceptors (Lipinski definition) is 5. The highest BCUT2D eigenvalue weighted by atomic mass is 35.5. The quantitative estimate of drug-likeness (QED) is 0.720. The molecule has 0 aliphatic rings. The minimum atomic E-state index is -3.69. The highest BCUT2D eigenvalue weighted by molar-refractivity contribution is 7.93. The maximum absolute atomic E-state index is 12.4. The van der Waals surface area contributed by atoms with Gasteiger partial charge in [0.15, 0.2) is 5.01 Å². The SMILES string of the molecule is CCc1ccc(S(=O)(=O)Nc2nnc(-c3ccccc3Cl)s2)cc1. The highest BCUT2D eigenvalue weighted by Crippen LogP contribution is 2.32. The van der Waals surface area contributed by atoms with Crippen LogP contribution < -0.4 is 4.72 Å². The fraction of sp³-hybridized carbons (Fsp3) is 0.125. The largest absolute Gasteiger partial charge is 0.263 e. The van der Waals surface area contributed by atoms with Crippen molar-refractivity contribution in [3.63, 3.8) is 0 Å². The van der Waals surface area contributed by atoms with Crippen LogP contribution in [0, 0.1) is 0 Å². The molecule has 0 aliphatic heterocycles. The van der Waals surface area contributed by atoms with Gasteiger partial charge in [0.2, 0.25) is 5.13 Å². The van der Waals surface area contributed by atoms with Crippen LogP contribution in [0.3, 0.4) is 0 Å². The van der Waals surface area contributed by atoms with Crippen molar-refractivity contribution >= 4 is 38.1 Å². The Morgan fingerprint density at radius 3 is 2.46 bits per heavy atom. The lowest BCUT2D eigenvalue weighted by molar-refractivity contribution is 0.601. The Morgan fingerprint density at radius 2 is 1.79 bits per heavy atom. The van der Waals surface area contributed by atoms with E-state index in [1.165, 1.54) is 0 Å². The van der Waals surface area contributed by atoms with E-state index in [0.717, 1.165) is 28.9 Å². The molecule has 24 heavy (non-hydrogen) atoms. The predicted octanol–water partition coefficient (Wildman–Crippen LogP) is 4.22. The van der Waals surface area contributed by atoms with Crippen molar-refractivity contribution < 1.29 is 8.42 Å². The molecule has 1 aromatic heterocycles. The molecule has 0 radical (unpaired) electrons. The molecular formula is C16H14ClN3O2S2. The highest BCUT2D eigenvalue weighted by Gasteiger charge is 2.17. The minimum absolute atomic E-state index is 0.189. The summed E-state index contributed by atoms with van der Waals surface area (Å²) in [5.74, 6) is 0. The first-order valence-corrected chi connectivity index (χ1v) is 9.87. The second kappa shape index (κ2) is 6.88. The summed E-state index contributed by atoms with van der Waals surface area (Å²) in [4.78, 5) is 0.189. The summed E-state index contributed by atoms with van der Waals surface area (Å²) in [5.41, 5.74) is 1.79. The normalized spacial score (nSPS) is 11.4. The van der Waals surface area contributed by atoms with E-state index in [4.69, 9.17) is 11.6 Å². The van der Waals surface area contributed by atoms with E-state index in [2.05, 4.69) is 14.9 Å². The van der Waals surface area contributed by atoms with Crippen molar-refractivity contribution in [2.45, 2.75) is 18.2 Å². The Labute approximate surface area is 149 Å². The van der Waals surface area contributed by atoms with E-state index in [1.807, 2.05) is 25.1 Å². The van der Waals surface area contributed by atoms with Crippen LogP contribution in [-0.2, 0) is 16.4 Å². The molecule has 3 aromatic rings. The third-order valence-corrected chi connectivity index (χ3v) is 6.08. The van der Waals surface area contributed by atoms with Gasteiger partial charge >= 0.3 is 0 Å². The number of rotatable bonds is 5. The zero-order valence-electron chi connectivity index (χ0n) is 12.7. The molecule has 0 bridgehead atoms. The smallest absolute Gasteiger partial charge is 0.253 e.